The van der Waals surface area contributed by atoms with E-state index < -0.39 is 0 Å². The van der Waals surface area contributed by atoms with Crippen molar-refractivity contribution >= 4 is 54.4 Å². The molecule has 5 nitrogen and oxygen atoms in total. The fourth-order valence-electron chi connectivity index (χ4n) is 8.16. The average molecular weight is 690 g/mol. The van der Waals surface area contributed by atoms with Crippen LogP contribution in [0.1, 0.15) is 0 Å². The van der Waals surface area contributed by atoms with Gasteiger partial charge in [0.15, 0.2) is 11.6 Å². The van der Waals surface area contributed by atoms with Crippen LogP contribution in [0.15, 0.2) is 188 Å². The summed E-state index contributed by atoms with van der Waals surface area (Å²) >= 11 is 0. The Morgan fingerprint density at radius 1 is 0.315 bits per heavy atom. The van der Waals surface area contributed by atoms with Gasteiger partial charge < -0.3 is 4.57 Å². The molecule has 0 aliphatic heterocycles. The van der Waals surface area contributed by atoms with E-state index in [4.69, 9.17) is 15.0 Å². The highest BCUT2D eigenvalue weighted by molar-refractivity contribution is 6.11. The SMILES string of the molecule is c1ccc(-c2ccc3c(c2)c2ccccc2n3-c2ccccc2-c2nc(-c3cccc4ccccc34)nc(-n3c4ccccc4c4ccccc43)n2)cc1. The quantitative estimate of drug-likeness (QED) is 0.181. The summed E-state index contributed by atoms with van der Waals surface area (Å²) in [5.74, 6) is 1.80. The van der Waals surface area contributed by atoms with Crippen molar-refractivity contribution in [3.63, 3.8) is 0 Å². The summed E-state index contributed by atoms with van der Waals surface area (Å²) < 4.78 is 4.54. The van der Waals surface area contributed by atoms with E-state index in [1.54, 1.807) is 0 Å². The Morgan fingerprint density at radius 3 is 1.57 bits per heavy atom. The van der Waals surface area contributed by atoms with Gasteiger partial charge in [-0.15, -0.1) is 0 Å². The van der Waals surface area contributed by atoms with Gasteiger partial charge in [-0.2, -0.15) is 9.97 Å². The Labute approximate surface area is 311 Å². The van der Waals surface area contributed by atoms with Crippen molar-refractivity contribution in [2.75, 3.05) is 0 Å². The van der Waals surface area contributed by atoms with Crippen molar-refractivity contribution in [3.8, 4) is 45.5 Å². The highest BCUT2D eigenvalue weighted by atomic mass is 15.2. The van der Waals surface area contributed by atoms with E-state index >= 15 is 0 Å². The van der Waals surface area contributed by atoms with Crippen LogP contribution in [0.2, 0.25) is 0 Å². The van der Waals surface area contributed by atoms with Crippen LogP contribution in [0, 0.1) is 0 Å². The Balaban J connectivity index is 1.20. The lowest BCUT2D eigenvalue weighted by Gasteiger charge is -2.15. The van der Waals surface area contributed by atoms with Crippen molar-refractivity contribution in [1.82, 2.24) is 24.1 Å². The molecule has 5 heteroatoms. The molecule has 0 aliphatic rings. The molecule has 0 spiro atoms. The van der Waals surface area contributed by atoms with Gasteiger partial charge in [0.1, 0.15) is 0 Å². The molecule has 3 aromatic heterocycles. The number of hydrogen-bond acceptors (Lipinski definition) is 3. The number of hydrogen-bond donors (Lipinski definition) is 0. The maximum Gasteiger partial charge on any atom is 0.238 e. The molecule has 0 fully saturated rings. The zero-order chi connectivity index (χ0) is 35.6. The van der Waals surface area contributed by atoms with Crippen LogP contribution in [-0.2, 0) is 0 Å². The molecule has 0 amide bonds. The predicted molar refractivity (Wildman–Crippen MR) is 222 cm³/mol. The van der Waals surface area contributed by atoms with E-state index in [1.807, 2.05) is 0 Å². The number of aromatic nitrogens is 5. The van der Waals surface area contributed by atoms with Crippen LogP contribution in [0.5, 0.6) is 0 Å². The molecule has 3 heterocycles. The van der Waals surface area contributed by atoms with Crippen LogP contribution in [0.4, 0.5) is 0 Å². The van der Waals surface area contributed by atoms with Gasteiger partial charge in [0.05, 0.1) is 27.8 Å². The maximum atomic E-state index is 5.36. The molecule has 0 saturated heterocycles. The highest BCUT2D eigenvalue weighted by Gasteiger charge is 2.22. The zero-order valence-electron chi connectivity index (χ0n) is 29.1. The second-order valence-corrected chi connectivity index (χ2v) is 13.6. The Kier molecular flexibility index (Phi) is 6.79. The van der Waals surface area contributed by atoms with Crippen LogP contribution < -0.4 is 0 Å². The fraction of sp³-hybridized carbons (Fsp3) is 0. The topological polar surface area (TPSA) is 48.5 Å². The number of benzene rings is 8. The van der Waals surface area contributed by atoms with Crippen molar-refractivity contribution < 1.29 is 0 Å². The Morgan fingerprint density at radius 2 is 0.833 bits per heavy atom. The minimum Gasteiger partial charge on any atom is -0.309 e. The smallest absolute Gasteiger partial charge is 0.238 e. The van der Waals surface area contributed by atoms with E-state index in [0.717, 1.165) is 60.4 Å². The van der Waals surface area contributed by atoms with E-state index in [-0.39, 0.29) is 0 Å². The third-order valence-electron chi connectivity index (χ3n) is 10.6. The van der Waals surface area contributed by atoms with Gasteiger partial charge in [0.25, 0.3) is 0 Å². The third kappa shape index (κ3) is 4.69. The Bertz CT molecular complexity index is 3170. The van der Waals surface area contributed by atoms with Gasteiger partial charge in [-0.25, -0.2) is 4.98 Å². The summed E-state index contributed by atoms with van der Waals surface area (Å²) in [5.41, 5.74) is 9.59. The average Bonchev–Trinajstić information content (AvgIpc) is 3.76. The van der Waals surface area contributed by atoms with E-state index in [9.17, 15) is 0 Å². The summed E-state index contributed by atoms with van der Waals surface area (Å²) in [4.78, 5) is 16.0. The lowest BCUT2D eigenvalue weighted by atomic mass is 10.0. The number of fused-ring (bicyclic) bond motifs is 7. The highest BCUT2D eigenvalue weighted by Crippen LogP contribution is 2.39. The van der Waals surface area contributed by atoms with Crippen LogP contribution in [0.3, 0.4) is 0 Å². The van der Waals surface area contributed by atoms with E-state index in [1.165, 1.54) is 21.9 Å². The van der Waals surface area contributed by atoms with Crippen molar-refractivity contribution in [3.05, 3.63) is 188 Å². The molecule has 11 aromatic rings. The molecule has 0 bridgehead atoms. The molecule has 54 heavy (non-hydrogen) atoms. The van der Waals surface area contributed by atoms with Crippen molar-refractivity contribution in [1.29, 1.82) is 0 Å². The third-order valence-corrected chi connectivity index (χ3v) is 10.6. The number of rotatable bonds is 5. The predicted octanol–water partition coefficient (Wildman–Crippen LogP) is 12.2. The van der Waals surface area contributed by atoms with Gasteiger partial charge in [-0.3, -0.25) is 4.57 Å². The van der Waals surface area contributed by atoms with Crippen LogP contribution in [-0.4, -0.2) is 24.1 Å². The minimum absolute atomic E-state index is 0.574. The largest absolute Gasteiger partial charge is 0.309 e. The molecule has 0 saturated carbocycles. The normalized spacial score (nSPS) is 11.7. The zero-order valence-corrected chi connectivity index (χ0v) is 29.1. The van der Waals surface area contributed by atoms with Gasteiger partial charge >= 0.3 is 0 Å². The van der Waals surface area contributed by atoms with Crippen LogP contribution >= 0.6 is 0 Å². The first-order valence-electron chi connectivity index (χ1n) is 18.2. The fourth-order valence-corrected chi connectivity index (χ4v) is 8.16. The summed E-state index contributed by atoms with van der Waals surface area (Å²) in [7, 11) is 0. The summed E-state index contributed by atoms with van der Waals surface area (Å²) in [6.45, 7) is 0. The van der Waals surface area contributed by atoms with Crippen molar-refractivity contribution in [2.24, 2.45) is 0 Å². The molecule has 252 valence electrons. The molecule has 11 rings (SSSR count). The van der Waals surface area contributed by atoms with Gasteiger partial charge in [0.2, 0.25) is 5.95 Å². The van der Waals surface area contributed by atoms with E-state index in [0.29, 0.717) is 17.6 Å². The molecule has 0 aliphatic carbocycles. The second kappa shape index (κ2) is 12.1. The number of para-hydroxylation sites is 4. The van der Waals surface area contributed by atoms with E-state index in [2.05, 4.69) is 197 Å². The maximum absolute atomic E-state index is 5.36. The molecular formula is C49H31N5. The summed E-state index contributed by atoms with van der Waals surface area (Å²) in [6.07, 6.45) is 0. The van der Waals surface area contributed by atoms with Crippen LogP contribution in [0.25, 0.3) is 99.9 Å². The first-order chi connectivity index (χ1) is 26.8. The summed E-state index contributed by atoms with van der Waals surface area (Å²) in [6, 6.07) is 66.2. The van der Waals surface area contributed by atoms with Gasteiger partial charge in [-0.1, -0.05) is 146 Å². The number of nitrogens with zero attached hydrogens (tertiary/aromatic N) is 5. The Hall–Kier alpha value is -7.37. The molecular weight excluding hydrogens is 659 g/mol. The first-order valence-corrected chi connectivity index (χ1v) is 18.2. The molecule has 8 aromatic carbocycles. The molecule has 0 radical (unpaired) electrons. The molecule has 0 N–H and O–H groups in total. The molecule has 0 atom stereocenters. The summed E-state index contributed by atoms with van der Waals surface area (Å²) in [5, 5.41) is 6.92. The lowest BCUT2D eigenvalue weighted by Crippen LogP contribution is -2.08. The second-order valence-electron chi connectivity index (χ2n) is 13.6. The molecule has 0 unspecified atom stereocenters. The minimum atomic E-state index is 0.574. The van der Waals surface area contributed by atoms with Gasteiger partial charge in [-0.05, 0) is 64.4 Å². The first kappa shape index (κ1) is 30.3. The van der Waals surface area contributed by atoms with Gasteiger partial charge in [0, 0.05) is 32.7 Å². The van der Waals surface area contributed by atoms with Crippen molar-refractivity contribution in [2.45, 2.75) is 0 Å². The lowest BCUT2D eigenvalue weighted by molar-refractivity contribution is 0.952. The standard InChI is InChI=1S/C49H31N5/c1-2-15-32(16-3-1)34-29-30-46-41(31-34)38-22-8-10-25-42(38)53(46)45-28-13-9-23-40(45)48-50-47(39-24-14-18-33-17-4-5-19-35(33)39)51-49(52-48)54-43-26-11-6-20-36(43)37-21-7-12-27-44(37)54/h1-31H. The monoisotopic (exact) mass is 689 g/mol.